The van der Waals surface area contributed by atoms with Crippen LogP contribution in [0.4, 0.5) is 0 Å². The molecule has 19 heavy (non-hydrogen) atoms. The lowest BCUT2D eigenvalue weighted by Gasteiger charge is -2.17. The Morgan fingerprint density at radius 2 is 1.63 bits per heavy atom. The summed E-state index contributed by atoms with van der Waals surface area (Å²) in [5.41, 5.74) is 3.56. The Kier molecular flexibility index (Phi) is 4.26. The van der Waals surface area contributed by atoms with Crippen molar-refractivity contribution in [2.24, 2.45) is 0 Å². The monoisotopic (exact) mass is 254 g/mol. The summed E-state index contributed by atoms with van der Waals surface area (Å²) < 4.78 is 0. The van der Waals surface area contributed by atoms with Crippen LogP contribution in [0.5, 0.6) is 5.75 Å². The van der Waals surface area contributed by atoms with Crippen LogP contribution in [0.2, 0.25) is 0 Å². The van der Waals surface area contributed by atoms with E-state index in [9.17, 15) is 5.11 Å². The van der Waals surface area contributed by atoms with Crippen molar-refractivity contribution in [2.75, 3.05) is 0 Å². The molecule has 0 saturated carbocycles. The smallest absolute Gasteiger partial charge is 0.119 e. The molecular formula is C18H22O. The van der Waals surface area contributed by atoms with E-state index in [0.29, 0.717) is 11.7 Å². The Morgan fingerprint density at radius 1 is 0.947 bits per heavy atom. The lowest BCUT2D eigenvalue weighted by molar-refractivity contribution is 0.465. The second-order valence-corrected chi connectivity index (χ2v) is 5.26. The van der Waals surface area contributed by atoms with Gasteiger partial charge in [-0.15, -0.1) is 0 Å². The third-order valence-electron chi connectivity index (χ3n) is 4.00. The van der Waals surface area contributed by atoms with Gasteiger partial charge in [-0.3, -0.25) is 0 Å². The molecule has 0 bridgehead atoms. The number of hydrogen-bond acceptors (Lipinski definition) is 1. The van der Waals surface area contributed by atoms with Gasteiger partial charge in [-0.1, -0.05) is 63.2 Å². The lowest BCUT2D eigenvalue weighted by Crippen LogP contribution is -1.99. The largest absolute Gasteiger partial charge is 0.508 e. The van der Waals surface area contributed by atoms with E-state index >= 15 is 0 Å². The van der Waals surface area contributed by atoms with Gasteiger partial charge in [0.05, 0.1) is 0 Å². The van der Waals surface area contributed by atoms with Gasteiger partial charge in [-0.2, -0.15) is 0 Å². The second-order valence-electron chi connectivity index (χ2n) is 5.26. The molecule has 0 radical (unpaired) electrons. The molecule has 0 amide bonds. The first-order valence-electron chi connectivity index (χ1n) is 7.01. The van der Waals surface area contributed by atoms with E-state index in [2.05, 4.69) is 39.0 Å². The van der Waals surface area contributed by atoms with Crippen molar-refractivity contribution in [3.63, 3.8) is 0 Å². The molecule has 1 nitrogen and oxygen atoms in total. The van der Waals surface area contributed by atoms with Crippen molar-refractivity contribution in [3.05, 3.63) is 65.2 Å². The Morgan fingerprint density at radius 3 is 2.26 bits per heavy atom. The van der Waals surface area contributed by atoms with Crippen LogP contribution in [0.1, 0.15) is 55.7 Å². The maximum atomic E-state index is 10.1. The van der Waals surface area contributed by atoms with Crippen LogP contribution >= 0.6 is 0 Å². The van der Waals surface area contributed by atoms with E-state index in [1.807, 2.05) is 30.3 Å². The van der Waals surface area contributed by atoms with E-state index < -0.39 is 0 Å². The third kappa shape index (κ3) is 2.98. The predicted molar refractivity (Wildman–Crippen MR) is 80.8 cm³/mol. The number of phenolic OH excluding ortho intramolecular Hbond substituents is 1. The Bertz CT molecular complexity index is 531. The van der Waals surface area contributed by atoms with Crippen LogP contribution < -0.4 is 0 Å². The van der Waals surface area contributed by atoms with Gasteiger partial charge in [0.25, 0.3) is 0 Å². The van der Waals surface area contributed by atoms with E-state index in [4.69, 9.17) is 0 Å². The summed E-state index contributed by atoms with van der Waals surface area (Å²) >= 11 is 0. The summed E-state index contributed by atoms with van der Waals surface area (Å²) in [7, 11) is 0. The number of hydrogen-bond donors (Lipinski definition) is 1. The molecule has 2 aromatic rings. The average Bonchev–Trinajstić information content (AvgIpc) is 2.47. The maximum Gasteiger partial charge on any atom is 0.119 e. The minimum Gasteiger partial charge on any atom is -0.508 e. The molecular weight excluding hydrogens is 232 g/mol. The summed E-state index contributed by atoms with van der Waals surface area (Å²) in [5.74, 6) is 1.14. The van der Waals surface area contributed by atoms with Crippen LogP contribution in [-0.2, 0) is 0 Å². The van der Waals surface area contributed by atoms with Crippen LogP contribution in [-0.4, -0.2) is 5.11 Å². The maximum absolute atomic E-state index is 10.1. The first-order chi connectivity index (χ1) is 9.13. The fraction of sp³-hybridized carbons (Fsp3) is 0.333. The second kappa shape index (κ2) is 5.92. The zero-order valence-electron chi connectivity index (χ0n) is 11.9. The summed E-state index contributed by atoms with van der Waals surface area (Å²) in [6.45, 7) is 6.56. The average molecular weight is 254 g/mol. The summed E-state index contributed by atoms with van der Waals surface area (Å²) in [5, 5.41) is 10.1. The Labute approximate surface area is 115 Å². The molecule has 0 aliphatic heterocycles. The molecule has 100 valence electrons. The van der Waals surface area contributed by atoms with Crippen molar-refractivity contribution in [2.45, 2.75) is 39.0 Å². The van der Waals surface area contributed by atoms with Gasteiger partial charge in [0, 0.05) is 11.5 Å². The molecule has 0 aliphatic rings. The molecule has 1 heteroatoms. The van der Waals surface area contributed by atoms with Gasteiger partial charge < -0.3 is 5.11 Å². The summed E-state index contributed by atoms with van der Waals surface area (Å²) in [6, 6.07) is 16.3. The first kappa shape index (κ1) is 13.7. The predicted octanol–water partition coefficient (Wildman–Crippen LogP) is 5.06. The molecule has 0 unspecified atom stereocenters. The number of phenols is 1. The third-order valence-corrected chi connectivity index (χ3v) is 4.00. The highest BCUT2D eigenvalue weighted by Crippen LogP contribution is 2.33. The van der Waals surface area contributed by atoms with Crippen molar-refractivity contribution in [3.8, 4) is 5.75 Å². The van der Waals surface area contributed by atoms with Crippen LogP contribution in [0.15, 0.2) is 48.5 Å². The number of benzene rings is 2. The SMILES string of the molecule is CC[C@H](C)c1ccc(O)c([C@@H](C)c2ccccc2)c1. The highest BCUT2D eigenvalue weighted by molar-refractivity contribution is 5.43. The van der Waals surface area contributed by atoms with Crippen molar-refractivity contribution in [1.29, 1.82) is 0 Å². The zero-order chi connectivity index (χ0) is 13.8. The van der Waals surface area contributed by atoms with E-state index in [1.54, 1.807) is 0 Å². The zero-order valence-corrected chi connectivity index (χ0v) is 11.9. The van der Waals surface area contributed by atoms with Crippen LogP contribution in [0.3, 0.4) is 0 Å². The number of rotatable bonds is 4. The molecule has 0 saturated heterocycles. The van der Waals surface area contributed by atoms with Crippen molar-refractivity contribution in [1.82, 2.24) is 0 Å². The minimum atomic E-state index is 0.213. The Hall–Kier alpha value is -1.76. The first-order valence-corrected chi connectivity index (χ1v) is 7.01. The lowest BCUT2D eigenvalue weighted by atomic mass is 9.88. The molecule has 2 rings (SSSR count). The molecule has 0 aromatic heterocycles. The molecule has 2 aromatic carbocycles. The fourth-order valence-electron chi connectivity index (χ4n) is 2.38. The summed E-state index contributed by atoms with van der Waals surface area (Å²) in [6.07, 6.45) is 1.12. The van der Waals surface area contributed by atoms with Gasteiger partial charge in [0.1, 0.15) is 5.75 Å². The van der Waals surface area contributed by atoms with Crippen molar-refractivity contribution < 1.29 is 5.11 Å². The van der Waals surface area contributed by atoms with E-state index in [1.165, 1.54) is 11.1 Å². The van der Waals surface area contributed by atoms with Gasteiger partial charge >= 0.3 is 0 Å². The van der Waals surface area contributed by atoms with Crippen molar-refractivity contribution >= 4 is 0 Å². The Balaban J connectivity index is 2.38. The normalized spacial score (nSPS) is 14.1. The molecule has 0 heterocycles. The highest BCUT2D eigenvalue weighted by atomic mass is 16.3. The quantitative estimate of drug-likeness (QED) is 0.808. The molecule has 1 N–H and O–H groups in total. The minimum absolute atomic E-state index is 0.213. The molecule has 0 aliphatic carbocycles. The van der Waals surface area contributed by atoms with Crippen LogP contribution in [0, 0.1) is 0 Å². The van der Waals surface area contributed by atoms with Gasteiger partial charge in [0.2, 0.25) is 0 Å². The standard InChI is InChI=1S/C18H22O/c1-4-13(2)16-10-11-18(19)17(12-16)14(3)15-8-6-5-7-9-15/h5-14,19H,4H2,1-3H3/t13-,14-/m0/s1. The van der Waals surface area contributed by atoms with E-state index in [0.717, 1.165) is 12.0 Å². The van der Waals surface area contributed by atoms with Crippen LogP contribution in [0.25, 0.3) is 0 Å². The fourth-order valence-corrected chi connectivity index (χ4v) is 2.38. The molecule has 0 spiro atoms. The highest BCUT2D eigenvalue weighted by Gasteiger charge is 2.14. The topological polar surface area (TPSA) is 20.2 Å². The van der Waals surface area contributed by atoms with Gasteiger partial charge in [0.15, 0.2) is 0 Å². The van der Waals surface area contributed by atoms with E-state index in [-0.39, 0.29) is 5.92 Å². The van der Waals surface area contributed by atoms with Gasteiger partial charge in [-0.25, -0.2) is 0 Å². The van der Waals surface area contributed by atoms with Gasteiger partial charge in [-0.05, 0) is 29.5 Å². The number of aromatic hydroxyl groups is 1. The molecule has 0 fully saturated rings. The molecule has 2 atom stereocenters. The summed E-state index contributed by atoms with van der Waals surface area (Å²) in [4.78, 5) is 0.